The van der Waals surface area contributed by atoms with Crippen LogP contribution in [0.25, 0.3) is 11.5 Å². The fraction of sp³-hybridized carbons (Fsp3) is 0.412. The minimum Gasteiger partial charge on any atom is -0.479 e. The summed E-state index contributed by atoms with van der Waals surface area (Å²) in [4.78, 5) is 29.4. The first-order valence-corrected chi connectivity index (χ1v) is 8.19. The molecule has 1 saturated carbocycles. The molecule has 0 radical (unpaired) electrons. The van der Waals surface area contributed by atoms with Crippen LogP contribution >= 0.6 is 0 Å². The highest BCUT2D eigenvalue weighted by molar-refractivity contribution is 5.95. The molecular formula is C17H17N3O5. The number of carbonyl (C=O) groups excluding carboxylic acids is 1. The van der Waals surface area contributed by atoms with Crippen molar-refractivity contribution < 1.29 is 24.0 Å². The van der Waals surface area contributed by atoms with E-state index in [-0.39, 0.29) is 19.1 Å². The molecule has 0 bridgehead atoms. The molecule has 1 atom stereocenters. The zero-order valence-electron chi connectivity index (χ0n) is 13.4. The van der Waals surface area contributed by atoms with Crippen LogP contribution in [0.2, 0.25) is 0 Å². The zero-order chi connectivity index (χ0) is 17.4. The Balaban J connectivity index is 1.47. The Morgan fingerprint density at radius 1 is 1.20 bits per heavy atom. The summed E-state index contributed by atoms with van der Waals surface area (Å²) in [6.07, 6.45) is 1.23. The van der Waals surface area contributed by atoms with Crippen LogP contribution < -0.4 is 0 Å². The molecular weight excluding hydrogens is 326 g/mol. The number of benzene rings is 1. The monoisotopic (exact) mass is 343 g/mol. The smallest absolute Gasteiger partial charge is 0.334 e. The van der Waals surface area contributed by atoms with Gasteiger partial charge in [-0.25, -0.2) is 4.79 Å². The van der Waals surface area contributed by atoms with Gasteiger partial charge in [0.2, 0.25) is 0 Å². The van der Waals surface area contributed by atoms with E-state index in [1.54, 1.807) is 24.3 Å². The molecule has 1 amide bonds. The van der Waals surface area contributed by atoms with Crippen LogP contribution in [0, 0.1) is 0 Å². The lowest BCUT2D eigenvalue weighted by Gasteiger charge is -2.30. The van der Waals surface area contributed by atoms with Gasteiger partial charge in [0.15, 0.2) is 11.9 Å². The molecule has 2 heterocycles. The van der Waals surface area contributed by atoms with Gasteiger partial charge < -0.3 is 19.3 Å². The van der Waals surface area contributed by atoms with Crippen LogP contribution in [-0.4, -0.2) is 57.8 Å². The Labute approximate surface area is 143 Å². The molecule has 4 rings (SSSR count). The molecule has 8 nitrogen and oxygen atoms in total. The van der Waals surface area contributed by atoms with Crippen LogP contribution in [0.1, 0.15) is 34.9 Å². The maximum atomic E-state index is 12.5. The number of nitrogens with zero attached hydrogens (tertiary/aromatic N) is 3. The van der Waals surface area contributed by atoms with E-state index in [1.807, 2.05) is 0 Å². The van der Waals surface area contributed by atoms with E-state index in [9.17, 15) is 9.59 Å². The van der Waals surface area contributed by atoms with E-state index >= 15 is 0 Å². The average Bonchev–Trinajstić information content (AvgIpc) is 3.38. The summed E-state index contributed by atoms with van der Waals surface area (Å²) < 4.78 is 10.4. The molecule has 2 aliphatic rings. The maximum absolute atomic E-state index is 12.5. The number of carboxylic acids is 1. The molecule has 1 saturated heterocycles. The van der Waals surface area contributed by atoms with E-state index in [0.29, 0.717) is 23.9 Å². The van der Waals surface area contributed by atoms with Gasteiger partial charge in [-0.3, -0.25) is 4.79 Å². The number of aromatic nitrogens is 2. The molecule has 1 aromatic carbocycles. The summed E-state index contributed by atoms with van der Waals surface area (Å²) in [5.74, 6) is 0.323. The van der Waals surface area contributed by atoms with Gasteiger partial charge in [0.25, 0.3) is 11.8 Å². The number of carbonyl (C=O) groups is 2. The van der Waals surface area contributed by atoms with E-state index in [4.69, 9.17) is 14.4 Å². The topological polar surface area (TPSA) is 106 Å². The van der Waals surface area contributed by atoms with Gasteiger partial charge in [-0.15, -0.1) is 0 Å². The predicted molar refractivity (Wildman–Crippen MR) is 85.0 cm³/mol. The normalized spacial score (nSPS) is 20.5. The van der Waals surface area contributed by atoms with Gasteiger partial charge in [-0.05, 0) is 37.1 Å². The molecule has 0 unspecified atom stereocenters. The van der Waals surface area contributed by atoms with Crippen molar-refractivity contribution in [2.24, 2.45) is 0 Å². The fourth-order valence-corrected chi connectivity index (χ4v) is 2.78. The summed E-state index contributed by atoms with van der Waals surface area (Å²) >= 11 is 0. The molecule has 1 aliphatic carbocycles. The SMILES string of the molecule is O=C(O)[C@H]1CN(C(=O)c2ccc(-c3nc(C4CC4)no3)cc2)CCO1. The van der Waals surface area contributed by atoms with E-state index in [2.05, 4.69) is 10.1 Å². The Morgan fingerprint density at radius 2 is 1.96 bits per heavy atom. The number of carboxylic acid groups (broad SMARTS) is 1. The van der Waals surface area contributed by atoms with Crippen molar-refractivity contribution in [3.05, 3.63) is 35.7 Å². The number of ether oxygens (including phenoxy) is 1. The zero-order valence-corrected chi connectivity index (χ0v) is 13.4. The Bertz CT molecular complexity index is 797. The van der Waals surface area contributed by atoms with Gasteiger partial charge in [0.05, 0.1) is 13.2 Å². The van der Waals surface area contributed by atoms with Crippen LogP contribution in [0.15, 0.2) is 28.8 Å². The van der Waals surface area contributed by atoms with Crippen LogP contribution in [0.3, 0.4) is 0 Å². The lowest BCUT2D eigenvalue weighted by molar-refractivity contribution is -0.154. The molecule has 0 spiro atoms. The minimum atomic E-state index is -1.06. The first kappa shape index (κ1) is 15.8. The van der Waals surface area contributed by atoms with Crippen molar-refractivity contribution in [3.63, 3.8) is 0 Å². The second-order valence-electron chi connectivity index (χ2n) is 6.26. The summed E-state index contributed by atoms with van der Waals surface area (Å²) in [6.45, 7) is 0.635. The van der Waals surface area contributed by atoms with E-state index < -0.39 is 12.1 Å². The largest absolute Gasteiger partial charge is 0.479 e. The standard InChI is InChI=1S/C17H17N3O5/c21-16(20-7-8-24-13(9-20)17(22)23)12-5-3-11(4-6-12)15-18-14(19-25-15)10-1-2-10/h3-6,10,13H,1-2,7-9H2,(H,22,23)/t13-/m1/s1. The number of rotatable bonds is 4. The number of hydrogen-bond acceptors (Lipinski definition) is 6. The maximum Gasteiger partial charge on any atom is 0.334 e. The third-order valence-corrected chi connectivity index (χ3v) is 4.39. The van der Waals surface area contributed by atoms with E-state index in [1.165, 1.54) is 4.90 Å². The molecule has 2 aromatic rings. The van der Waals surface area contributed by atoms with Crippen molar-refractivity contribution >= 4 is 11.9 Å². The third kappa shape index (κ3) is 3.25. The van der Waals surface area contributed by atoms with Crippen molar-refractivity contribution in [2.45, 2.75) is 24.9 Å². The summed E-state index contributed by atoms with van der Waals surface area (Å²) in [5, 5.41) is 13.0. The number of aliphatic carboxylic acids is 1. The summed E-state index contributed by atoms with van der Waals surface area (Å²) in [6, 6.07) is 6.88. The molecule has 1 aliphatic heterocycles. The molecule has 8 heteroatoms. The number of amides is 1. The van der Waals surface area contributed by atoms with Crippen molar-refractivity contribution in [1.82, 2.24) is 15.0 Å². The number of morpholine rings is 1. The molecule has 1 N–H and O–H groups in total. The number of hydrogen-bond donors (Lipinski definition) is 1. The van der Waals surface area contributed by atoms with Gasteiger partial charge in [-0.1, -0.05) is 5.16 Å². The van der Waals surface area contributed by atoms with E-state index in [0.717, 1.165) is 24.2 Å². The van der Waals surface area contributed by atoms with Crippen LogP contribution in [0.5, 0.6) is 0 Å². The van der Waals surface area contributed by atoms with Crippen LogP contribution in [-0.2, 0) is 9.53 Å². The fourth-order valence-electron chi connectivity index (χ4n) is 2.78. The Morgan fingerprint density at radius 3 is 2.64 bits per heavy atom. The Hall–Kier alpha value is -2.74. The van der Waals surface area contributed by atoms with Crippen molar-refractivity contribution in [1.29, 1.82) is 0 Å². The lowest BCUT2D eigenvalue weighted by Crippen LogP contribution is -2.48. The third-order valence-electron chi connectivity index (χ3n) is 4.39. The second-order valence-corrected chi connectivity index (χ2v) is 6.26. The highest BCUT2D eigenvalue weighted by Crippen LogP contribution is 2.38. The molecule has 1 aromatic heterocycles. The molecule has 130 valence electrons. The summed E-state index contributed by atoms with van der Waals surface area (Å²) in [5.41, 5.74) is 1.23. The Kier molecular flexibility index (Phi) is 3.96. The second kappa shape index (κ2) is 6.29. The summed E-state index contributed by atoms with van der Waals surface area (Å²) in [7, 11) is 0. The lowest BCUT2D eigenvalue weighted by atomic mass is 10.1. The van der Waals surface area contributed by atoms with Crippen LogP contribution in [0.4, 0.5) is 0 Å². The molecule has 25 heavy (non-hydrogen) atoms. The van der Waals surface area contributed by atoms with Gasteiger partial charge in [0, 0.05) is 23.6 Å². The van der Waals surface area contributed by atoms with Gasteiger partial charge >= 0.3 is 5.97 Å². The highest BCUT2D eigenvalue weighted by Gasteiger charge is 2.30. The first-order valence-electron chi connectivity index (χ1n) is 8.19. The first-order chi connectivity index (χ1) is 12.1. The molecule has 2 fully saturated rings. The highest BCUT2D eigenvalue weighted by atomic mass is 16.5. The van der Waals surface area contributed by atoms with Gasteiger partial charge in [-0.2, -0.15) is 4.98 Å². The minimum absolute atomic E-state index is 0.0460. The van der Waals surface area contributed by atoms with Crippen molar-refractivity contribution in [3.8, 4) is 11.5 Å². The van der Waals surface area contributed by atoms with Gasteiger partial charge in [0.1, 0.15) is 0 Å². The quantitative estimate of drug-likeness (QED) is 0.897. The van der Waals surface area contributed by atoms with Crippen molar-refractivity contribution in [2.75, 3.05) is 19.7 Å². The predicted octanol–water partition coefficient (Wildman–Crippen LogP) is 1.54. The average molecular weight is 343 g/mol.